The Balaban J connectivity index is 1.91. The molecule has 0 aliphatic rings. The fraction of sp³-hybridized carbons (Fsp3) is 0.333. The standard InChI is InChI=1S/C12H16N4/c1-10(12-4-3-5-13-8-12)14-6-11-7-15-16(2)9-11/h3-5,7-10,14H,6H2,1-2H3/t10-/m1/s1. The number of pyridine rings is 1. The average molecular weight is 216 g/mol. The van der Waals surface area contributed by atoms with E-state index in [1.54, 1.807) is 6.20 Å². The van der Waals surface area contributed by atoms with Crippen LogP contribution in [0.5, 0.6) is 0 Å². The van der Waals surface area contributed by atoms with E-state index in [4.69, 9.17) is 0 Å². The molecule has 0 radical (unpaired) electrons. The van der Waals surface area contributed by atoms with Gasteiger partial charge < -0.3 is 5.32 Å². The normalized spacial score (nSPS) is 12.6. The number of aromatic nitrogens is 3. The van der Waals surface area contributed by atoms with E-state index in [1.165, 1.54) is 11.1 Å². The second-order valence-electron chi connectivity index (χ2n) is 3.91. The van der Waals surface area contributed by atoms with E-state index in [1.807, 2.05) is 36.4 Å². The highest BCUT2D eigenvalue weighted by atomic mass is 15.2. The van der Waals surface area contributed by atoms with Gasteiger partial charge in [-0.3, -0.25) is 9.67 Å². The molecule has 0 aliphatic carbocycles. The molecule has 0 amide bonds. The van der Waals surface area contributed by atoms with Crippen molar-refractivity contribution in [2.45, 2.75) is 19.5 Å². The molecule has 2 aromatic rings. The van der Waals surface area contributed by atoms with Crippen LogP contribution in [0.1, 0.15) is 24.1 Å². The Hall–Kier alpha value is -1.68. The largest absolute Gasteiger partial charge is 0.306 e. The highest BCUT2D eigenvalue weighted by Gasteiger charge is 2.04. The van der Waals surface area contributed by atoms with E-state index in [2.05, 4.69) is 28.4 Å². The van der Waals surface area contributed by atoms with Crippen LogP contribution < -0.4 is 5.32 Å². The minimum Gasteiger partial charge on any atom is -0.306 e. The summed E-state index contributed by atoms with van der Waals surface area (Å²) in [7, 11) is 1.92. The van der Waals surface area contributed by atoms with Gasteiger partial charge in [-0.1, -0.05) is 6.07 Å². The molecule has 2 aromatic heterocycles. The van der Waals surface area contributed by atoms with Crippen LogP contribution in [-0.4, -0.2) is 14.8 Å². The Morgan fingerprint density at radius 2 is 2.31 bits per heavy atom. The molecule has 0 saturated carbocycles. The maximum atomic E-state index is 4.13. The molecule has 4 heteroatoms. The van der Waals surface area contributed by atoms with E-state index < -0.39 is 0 Å². The zero-order chi connectivity index (χ0) is 11.4. The minimum atomic E-state index is 0.300. The van der Waals surface area contributed by atoms with Crippen molar-refractivity contribution in [2.75, 3.05) is 0 Å². The molecule has 1 atom stereocenters. The predicted octanol–water partition coefficient (Wildman–Crippen LogP) is 1.67. The fourth-order valence-corrected chi connectivity index (χ4v) is 1.58. The molecule has 0 saturated heterocycles. The summed E-state index contributed by atoms with van der Waals surface area (Å²) in [4.78, 5) is 4.11. The summed E-state index contributed by atoms with van der Waals surface area (Å²) >= 11 is 0. The SMILES string of the molecule is C[C@@H](NCc1cnn(C)c1)c1cccnc1. The lowest BCUT2D eigenvalue weighted by atomic mass is 10.1. The summed E-state index contributed by atoms with van der Waals surface area (Å²) < 4.78 is 1.81. The third kappa shape index (κ3) is 2.67. The first-order valence-corrected chi connectivity index (χ1v) is 5.36. The fourth-order valence-electron chi connectivity index (χ4n) is 1.58. The number of hydrogen-bond acceptors (Lipinski definition) is 3. The number of rotatable bonds is 4. The van der Waals surface area contributed by atoms with Crippen LogP contribution >= 0.6 is 0 Å². The molecule has 0 fully saturated rings. The van der Waals surface area contributed by atoms with Crippen LogP contribution in [0.15, 0.2) is 36.9 Å². The third-order valence-corrected chi connectivity index (χ3v) is 2.56. The lowest BCUT2D eigenvalue weighted by molar-refractivity contribution is 0.573. The van der Waals surface area contributed by atoms with Gasteiger partial charge in [0.25, 0.3) is 0 Å². The maximum absolute atomic E-state index is 4.13. The first-order valence-electron chi connectivity index (χ1n) is 5.36. The molecule has 0 aliphatic heterocycles. The van der Waals surface area contributed by atoms with Crippen molar-refractivity contribution in [2.24, 2.45) is 7.05 Å². The lowest BCUT2D eigenvalue weighted by Gasteiger charge is -2.12. The van der Waals surface area contributed by atoms with Gasteiger partial charge in [0.05, 0.1) is 6.20 Å². The molecular formula is C12H16N4. The molecule has 0 aromatic carbocycles. The van der Waals surface area contributed by atoms with Gasteiger partial charge in [0.15, 0.2) is 0 Å². The number of nitrogens with one attached hydrogen (secondary N) is 1. The van der Waals surface area contributed by atoms with Crippen LogP contribution in [-0.2, 0) is 13.6 Å². The molecular weight excluding hydrogens is 200 g/mol. The van der Waals surface area contributed by atoms with Crippen molar-refractivity contribution in [1.82, 2.24) is 20.1 Å². The smallest absolute Gasteiger partial charge is 0.0534 e. The number of aryl methyl sites for hydroxylation is 1. The van der Waals surface area contributed by atoms with Gasteiger partial charge in [0, 0.05) is 43.8 Å². The molecule has 0 unspecified atom stereocenters. The summed E-state index contributed by atoms with van der Waals surface area (Å²) in [6.07, 6.45) is 7.57. The van der Waals surface area contributed by atoms with E-state index >= 15 is 0 Å². The van der Waals surface area contributed by atoms with E-state index in [0.29, 0.717) is 6.04 Å². The molecule has 16 heavy (non-hydrogen) atoms. The van der Waals surface area contributed by atoms with Gasteiger partial charge in [-0.25, -0.2) is 0 Å². The van der Waals surface area contributed by atoms with Crippen molar-refractivity contribution in [3.63, 3.8) is 0 Å². The highest BCUT2D eigenvalue weighted by molar-refractivity contribution is 5.13. The Kier molecular flexibility index (Phi) is 3.31. The summed E-state index contributed by atoms with van der Waals surface area (Å²) in [5, 5.41) is 7.57. The average Bonchev–Trinajstić information content (AvgIpc) is 2.73. The van der Waals surface area contributed by atoms with E-state index in [-0.39, 0.29) is 0 Å². The number of hydrogen-bond donors (Lipinski definition) is 1. The van der Waals surface area contributed by atoms with Gasteiger partial charge in [0.2, 0.25) is 0 Å². The monoisotopic (exact) mass is 216 g/mol. The van der Waals surface area contributed by atoms with Crippen LogP contribution in [0.25, 0.3) is 0 Å². The first kappa shape index (κ1) is 10.8. The van der Waals surface area contributed by atoms with E-state index in [0.717, 1.165) is 6.54 Å². The summed E-state index contributed by atoms with van der Waals surface area (Å²) in [6.45, 7) is 2.96. The van der Waals surface area contributed by atoms with E-state index in [9.17, 15) is 0 Å². The Labute approximate surface area is 95.3 Å². The van der Waals surface area contributed by atoms with Crippen molar-refractivity contribution in [3.8, 4) is 0 Å². The molecule has 2 heterocycles. The minimum absolute atomic E-state index is 0.300. The zero-order valence-corrected chi connectivity index (χ0v) is 9.59. The zero-order valence-electron chi connectivity index (χ0n) is 9.59. The second-order valence-corrected chi connectivity index (χ2v) is 3.91. The van der Waals surface area contributed by atoms with Crippen molar-refractivity contribution in [1.29, 1.82) is 0 Å². The van der Waals surface area contributed by atoms with Crippen LogP contribution in [0.4, 0.5) is 0 Å². The van der Waals surface area contributed by atoms with Crippen molar-refractivity contribution >= 4 is 0 Å². The first-order chi connectivity index (χ1) is 7.75. The molecule has 0 spiro atoms. The highest BCUT2D eigenvalue weighted by Crippen LogP contribution is 2.10. The van der Waals surface area contributed by atoms with Gasteiger partial charge in [-0.05, 0) is 18.6 Å². The van der Waals surface area contributed by atoms with Gasteiger partial charge >= 0.3 is 0 Å². The molecule has 0 bridgehead atoms. The second kappa shape index (κ2) is 4.90. The third-order valence-electron chi connectivity index (χ3n) is 2.56. The van der Waals surface area contributed by atoms with Gasteiger partial charge in [-0.15, -0.1) is 0 Å². The predicted molar refractivity (Wildman–Crippen MR) is 62.7 cm³/mol. The number of nitrogens with zero attached hydrogens (tertiary/aromatic N) is 3. The molecule has 84 valence electrons. The molecule has 4 nitrogen and oxygen atoms in total. The van der Waals surface area contributed by atoms with Gasteiger partial charge in [0.1, 0.15) is 0 Å². The lowest BCUT2D eigenvalue weighted by Crippen LogP contribution is -2.17. The topological polar surface area (TPSA) is 42.7 Å². The molecule has 2 rings (SSSR count). The summed E-state index contributed by atoms with van der Waals surface area (Å²) in [5.74, 6) is 0. The molecule has 1 N–H and O–H groups in total. The summed E-state index contributed by atoms with van der Waals surface area (Å²) in [5.41, 5.74) is 2.39. The van der Waals surface area contributed by atoms with Crippen LogP contribution in [0.2, 0.25) is 0 Å². The van der Waals surface area contributed by atoms with Gasteiger partial charge in [-0.2, -0.15) is 5.10 Å². The van der Waals surface area contributed by atoms with Crippen LogP contribution in [0, 0.1) is 0 Å². The summed E-state index contributed by atoms with van der Waals surface area (Å²) in [6, 6.07) is 4.33. The Morgan fingerprint density at radius 1 is 1.44 bits per heavy atom. The maximum Gasteiger partial charge on any atom is 0.0534 e. The quantitative estimate of drug-likeness (QED) is 0.845. The Bertz CT molecular complexity index is 435. The van der Waals surface area contributed by atoms with Crippen molar-refractivity contribution in [3.05, 3.63) is 48.0 Å². The van der Waals surface area contributed by atoms with Crippen molar-refractivity contribution < 1.29 is 0 Å². The van der Waals surface area contributed by atoms with Crippen LogP contribution in [0.3, 0.4) is 0 Å². The Morgan fingerprint density at radius 3 is 2.94 bits per heavy atom.